The molecular formula is C12H14F2O. The number of carbonyl (C=O) groups is 1. The lowest BCUT2D eigenvalue weighted by atomic mass is 10.00. The fourth-order valence-electron chi connectivity index (χ4n) is 1.34. The molecule has 0 aliphatic carbocycles. The molecule has 0 aliphatic rings. The van der Waals surface area contributed by atoms with Crippen LogP contribution in [0.1, 0.15) is 42.6 Å². The van der Waals surface area contributed by atoms with Gasteiger partial charge in [0.15, 0.2) is 5.78 Å². The molecular weight excluding hydrogens is 198 g/mol. The molecule has 3 heteroatoms. The van der Waals surface area contributed by atoms with Crippen LogP contribution in [0.3, 0.4) is 0 Å². The molecule has 15 heavy (non-hydrogen) atoms. The lowest BCUT2D eigenvalue weighted by Crippen LogP contribution is -2.04. The van der Waals surface area contributed by atoms with E-state index in [0.29, 0.717) is 12.0 Å². The van der Waals surface area contributed by atoms with Crippen molar-refractivity contribution in [2.75, 3.05) is 0 Å². The highest BCUT2D eigenvalue weighted by atomic mass is 19.3. The summed E-state index contributed by atoms with van der Waals surface area (Å²) in [6.45, 7) is 3.85. The lowest BCUT2D eigenvalue weighted by molar-refractivity contribution is 0.0967. The summed E-state index contributed by atoms with van der Waals surface area (Å²) in [5.41, 5.74) is 0.283. The topological polar surface area (TPSA) is 17.1 Å². The highest BCUT2D eigenvalue weighted by molar-refractivity contribution is 5.96. The summed E-state index contributed by atoms with van der Waals surface area (Å²) >= 11 is 0. The fourth-order valence-corrected chi connectivity index (χ4v) is 1.34. The molecule has 0 heterocycles. The zero-order valence-electron chi connectivity index (χ0n) is 8.84. The number of hydrogen-bond donors (Lipinski definition) is 0. The van der Waals surface area contributed by atoms with Crippen molar-refractivity contribution in [1.29, 1.82) is 0 Å². The van der Waals surface area contributed by atoms with Crippen LogP contribution < -0.4 is 0 Å². The first-order valence-corrected chi connectivity index (χ1v) is 4.92. The van der Waals surface area contributed by atoms with Crippen LogP contribution in [-0.4, -0.2) is 5.78 Å². The van der Waals surface area contributed by atoms with E-state index in [2.05, 4.69) is 0 Å². The van der Waals surface area contributed by atoms with Crippen molar-refractivity contribution >= 4 is 5.78 Å². The molecule has 1 nitrogen and oxygen atoms in total. The van der Waals surface area contributed by atoms with Crippen molar-refractivity contribution in [1.82, 2.24) is 0 Å². The summed E-state index contributed by atoms with van der Waals surface area (Å²) in [7, 11) is 0. The quantitative estimate of drug-likeness (QED) is 0.693. The Hall–Kier alpha value is -1.25. The van der Waals surface area contributed by atoms with Gasteiger partial charge in [-0.25, -0.2) is 8.78 Å². The minimum atomic E-state index is -2.52. The number of benzene rings is 1. The predicted molar refractivity (Wildman–Crippen MR) is 55.2 cm³/mol. The Morgan fingerprint density at radius 3 is 2.53 bits per heavy atom. The maximum atomic E-state index is 12.4. The van der Waals surface area contributed by atoms with E-state index in [1.807, 2.05) is 13.8 Å². The Morgan fingerprint density at radius 1 is 1.33 bits per heavy atom. The zero-order valence-corrected chi connectivity index (χ0v) is 8.84. The molecule has 0 bridgehead atoms. The van der Waals surface area contributed by atoms with Gasteiger partial charge in [0.1, 0.15) is 0 Å². The first-order valence-electron chi connectivity index (χ1n) is 4.92. The second-order valence-electron chi connectivity index (χ2n) is 3.95. The second-order valence-corrected chi connectivity index (χ2v) is 3.95. The van der Waals surface area contributed by atoms with Crippen LogP contribution in [0.2, 0.25) is 0 Å². The van der Waals surface area contributed by atoms with Gasteiger partial charge in [-0.15, -0.1) is 0 Å². The maximum absolute atomic E-state index is 12.4. The Kier molecular flexibility index (Phi) is 3.95. The first-order chi connectivity index (χ1) is 7.00. The van der Waals surface area contributed by atoms with E-state index in [1.165, 1.54) is 18.2 Å². The molecule has 0 N–H and O–H groups in total. The minimum Gasteiger partial charge on any atom is -0.294 e. The normalized spacial score (nSPS) is 11.1. The molecule has 0 saturated heterocycles. The summed E-state index contributed by atoms with van der Waals surface area (Å²) in [5, 5.41) is 0. The van der Waals surface area contributed by atoms with Crippen LogP contribution in [0.5, 0.6) is 0 Å². The second kappa shape index (κ2) is 5.01. The molecule has 1 aromatic carbocycles. The van der Waals surface area contributed by atoms with E-state index in [9.17, 15) is 13.6 Å². The highest BCUT2D eigenvalue weighted by Gasteiger charge is 2.12. The number of ketones is 1. The third kappa shape index (κ3) is 3.42. The smallest absolute Gasteiger partial charge is 0.263 e. The SMILES string of the molecule is CC(C)CC(=O)c1cccc(C(F)F)c1. The van der Waals surface area contributed by atoms with Crippen molar-refractivity contribution in [2.24, 2.45) is 5.92 Å². The van der Waals surface area contributed by atoms with Crippen molar-refractivity contribution in [3.05, 3.63) is 35.4 Å². The molecule has 0 aliphatic heterocycles. The van der Waals surface area contributed by atoms with Gasteiger partial charge < -0.3 is 0 Å². The summed E-state index contributed by atoms with van der Waals surface area (Å²) in [6, 6.07) is 5.68. The van der Waals surface area contributed by atoms with Crippen LogP contribution in [0.4, 0.5) is 8.78 Å². The minimum absolute atomic E-state index is 0.0764. The number of rotatable bonds is 4. The Bertz CT molecular complexity index is 345. The molecule has 1 rings (SSSR count). The van der Waals surface area contributed by atoms with E-state index < -0.39 is 6.43 Å². The zero-order chi connectivity index (χ0) is 11.4. The van der Waals surface area contributed by atoms with Gasteiger partial charge in [-0.2, -0.15) is 0 Å². The third-order valence-electron chi connectivity index (χ3n) is 2.05. The standard InChI is InChI=1S/C12H14F2O/c1-8(2)6-11(15)9-4-3-5-10(7-9)12(13)14/h3-5,7-8,12H,6H2,1-2H3. The van der Waals surface area contributed by atoms with E-state index in [1.54, 1.807) is 6.07 Å². The van der Waals surface area contributed by atoms with Crippen molar-refractivity contribution in [3.63, 3.8) is 0 Å². The highest BCUT2D eigenvalue weighted by Crippen LogP contribution is 2.20. The Labute approximate surface area is 88.1 Å². The maximum Gasteiger partial charge on any atom is 0.263 e. The molecule has 0 saturated carbocycles. The first kappa shape index (κ1) is 11.8. The van der Waals surface area contributed by atoms with Crippen molar-refractivity contribution < 1.29 is 13.6 Å². The van der Waals surface area contributed by atoms with E-state index in [4.69, 9.17) is 0 Å². The average Bonchev–Trinajstić information content (AvgIpc) is 2.17. The van der Waals surface area contributed by atoms with Crippen LogP contribution in [0, 0.1) is 5.92 Å². The summed E-state index contributed by atoms with van der Waals surface area (Å²) in [6.07, 6.45) is -2.12. The summed E-state index contributed by atoms with van der Waals surface area (Å²) in [4.78, 5) is 11.6. The predicted octanol–water partition coefficient (Wildman–Crippen LogP) is 3.85. The van der Waals surface area contributed by atoms with Crippen LogP contribution in [0.15, 0.2) is 24.3 Å². The molecule has 0 radical (unpaired) electrons. The monoisotopic (exact) mass is 212 g/mol. The van der Waals surface area contributed by atoms with Crippen molar-refractivity contribution in [2.45, 2.75) is 26.7 Å². The van der Waals surface area contributed by atoms with Gasteiger partial charge in [-0.05, 0) is 12.0 Å². The van der Waals surface area contributed by atoms with E-state index >= 15 is 0 Å². The molecule has 82 valence electrons. The number of hydrogen-bond acceptors (Lipinski definition) is 1. The fraction of sp³-hybridized carbons (Fsp3) is 0.417. The number of carbonyl (C=O) groups excluding carboxylic acids is 1. The van der Waals surface area contributed by atoms with Gasteiger partial charge in [-0.3, -0.25) is 4.79 Å². The van der Waals surface area contributed by atoms with Gasteiger partial charge >= 0.3 is 0 Å². The third-order valence-corrected chi connectivity index (χ3v) is 2.05. The molecule has 0 amide bonds. The van der Waals surface area contributed by atoms with E-state index in [0.717, 1.165) is 0 Å². The van der Waals surface area contributed by atoms with Gasteiger partial charge in [0.05, 0.1) is 0 Å². The molecule has 0 unspecified atom stereocenters. The molecule has 0 atom stereocenters. The number of halogens is 2. The molecule has 0 aromatic heterocycles. The van der Waals surface area contributed by atoms with Gasteiger partial charge in [0.25, 0.3) is 6.43 Å². The van der Waals surface area contributed by atoms with Gasteiger partial charge in [-0.1, -0.05) is 32.0 Å². The Balaban J connectivity index is 2.85. The lowest BCUT2D eigenvalue weighted by Gasteiger charge is -2.05. The molecule has 0 fully saturated rings. The van der Waals surface area contributed by atoms with Crippen LogP contribution in [0.25, 0.3) is 0 Å². The average molecular weight is 212 g/mol. The van der Waals surface area contributed by atoms with Gasteiger partial charge in [0, 0.05) is 17.5 Å². The summed E-state index contributed by atoms with van der Waals surface area (Å²) < 4.78 is 24.7. The number of Topliss-reactive ketones (excluding diaryl/α,β-unsaturated/α-hetero) is 1. The van der Waals surface area contributed by atoms with Crippen LogP contribution in [-0.2, 0) is 0 Å². The molecule has 0 spiro atoms. The van der Waals surface area contributed by atoms with Crippen molar-refractivity contribution in [3.8, 4) is 0 Å². The number of alkyl halides is 2. The van der Waals surface area contributed by atoms with E-state index in [-0.39, 0.29) is 17.3 Å². The summed E-state index contributed by atoms with van der Waals surface area (Å²) in [5.74, 6) is 0.167. The largest absolute Gasteiger partial charge is 0.294 e. The van der Waals surface area contributed by atoms with Crippen LogP contribution >= 0.6 is 0 Å². The Morgan fingerprint density at radius 2 is 2.00 bits per heavy atom. The van der Waals surface area contributed by atoms with Gasteiger partial charge in [0.2, 0.25) is 0 Å². The molecule has 1 aromatic rings.